The predicted molar refractivity (Wildman–Crippen MR) is 95.4 cm³/mol. The Balaban J connectivity index is 3.57. The number of aromatic hydroxyl groups is 1. The first-order valence-corrected chi connectivity index (χ1v) is 8.50. The van der Waals surface area contributed by atoms with Gasteiger partial charge in [-0.3, -0.25) is 4.79 Å². The van der Waals surface area contributed by atoms with Gasteiger partial charge in [-0.2, -0.15) is 0 Å². The van der Waals surface area contributed by atoms with Crippen molar-refractivity contribution in [3.05, 3.63) is 28.8 Å². The first-order chi connectivity index (χ1) is 10.4. The minimum absolute atomic E-state index is 0.242. The van der Waals surface area contributed by atoms with Crippen molar-refractivity contribution in [1.82, 2.24) is 0 Å². The first-order valence-electron chi connectivity index (χ1n) is 8.50. The van der Waals surface area contributed by atoms with Crippen molar-refractivity contribution in [2.45, 2.75) is 84.5 Å². The topological polar surface area (TPSA) is 57.5 Å². The normalized spacial score (nSPS) is 13.9. The number of carbonyl (C=O) groups is 1. The fourth-order valence-corrected chi connectivity index (χ4v) is 2.84. The summed E-state index contributed by atoms with van der Waals surface area (Å²) < 4.78 is 0. The summed E-state index contributed by atoms with van der Waals surface area (Å²) in [4.78, 5) is 11.8. The third-order valence-corrected chi connectivity index (χ3v) is 4.30. The highest BCUT2D eigenvalue weighted by Gasteiger charge is 2.29. The molecule has 23 heavy (non-hydrogen) atoms. The molecule has 0 aliphatic carbocycles. The zero-order valence-electron chi connectivity index (χ0n) is 15.7. The van der Waals surface area contributed by atoms with Gasteiger partial charge < -0.3 is 10.2 Å². The average molecular weight is 320 g/mol. The third kappa shape index (κ3) is 4.73. The van der Waals surface area contributed by atoms with Gasteiger partial charge in [0.2, 0.25) is 0 Å². The van der Waals surface area contributed by atoms with Crippen LogP contribution in [0.4, 0.5) is 0 Å². The number of rotatable bonds is 5. The van der Waals surface area contributed by atoms with Crippen LogP contribution in [-0.2, 0) is 15.6 Å². The maximum atomic E-state index is 11.8. The Morgan fingerprint density at radius 1 is 1.04 bits per heavy atom. The Hall–Kier alpha value is -1.51. The lowest BCUT2D eigenvalue weighted by molar-refractivity contribution is -0.139. The zero-order chi connectivity index (χ0) is 18.0. The van der Waals surface area contributed by atoms with E-state index in [1.54, 1.807) is 0 Å². The van der Waals surface area contributed by atoms with E-state index in [2.05, 4.69) is 6.92 Å². The molecule has 1 rings (SSSR count). The van der Waals surface area contributed by atoms with Gasteiger partial charge in [-0.25, -0.2) is 0 Å². The van der Waals surface area contributed by atoms with Gasteiger partial charge in [0.25, 0.3) is 0 Å². The van der Waals surface area contributed by atoms with Crippen molar-refractivity contribution >= 4 is 5.97 Å². The van der Waals surface area contributed by atoms with E-state index in [-0.39, 0.29) is 10.8 Å². The van der Waals surface area contributed by atoms with Crippen LogP contribution in [0.1, 0.15) is 90.3 Å². The summed E-state index contributed by atoms with van der Waals surface area (Å²) >= 11 is 0. The second kappa shape index (κ2) is 6.94. The van der Waals surface area contributed by atoms with Crippen LogP contribution >= 0.6 is 0 Å². The quantitative estimate of drug-likeness (QED) is 0.769. The molecule has 0 fully saturated rings. The van der Waals surface area contributed by atoms with E-state index >= 15 is 0 Å². The molecule has 1 aromatic carbocycles. The summed E-state index contributed by atoms with van der Waals surface area (Å²) in [6, 6.07) is 3.78. The summed E-state index contributed by atoms with van der Waals surface area (Å²) in [5.74, 6) is -1.00. The van der Waals surface area contributed by atoms with E-state index < -0.39 is 11.9 Å². The molecule has 0 saturated carbocycles. The second-order valence-corrected chi connectivity index (χ2v) is 8.50. The highest BCUT2D eigenvalue weighted by atomic mass is 16.4. The van der Waals surface area contributed by atoms with Crippen molar-refractivity contribution in [3.8, 4) is 5.75 Å². The van der Waals surface area contributed by atoms with Crippen molar-refractivity contribution in [2.24, 2.45) is 0 Å². The monoisotopic (exact) mass is 320 g/mol. The highest BCUT2D eigenvalue weighted by molar-refractivity contribution is 5.76. The number of benzene rings is 1. The Labute approximate surface area is 140 Å². The Morgan fingerprint density at radius 2 is 1.48 bits per heavy atom. The lowest BCUT2D eigenvalue weighted by atomic mass is 9.76. The predicted octanol–water partition coefficient (Wildman–Crippen LogP) is 5.35. The molecule has 1 aromatic rings. The van der Waals surface area contributed by atoms with Crippen LogP contribution in [0.2, 0.25) is 0 Å². The van der Waals surface area contributed by atoms with Gasteiger partial charge in [-0.1, -0.05) is 73.4 Å². The molecular formula is C20H32O3. The van der Waals surface area contributed by atoms with Gasteiger partial charge >= 0.3 is 5.97 Å². The molecule has 0 amide bonds. The van der Waals surface area contributed by atoms with Gasteiger partial charge in [0, 0.05) is 0 Å². The largest absolute Gasteiger partial charge is 0.507 e. The molecule has 0 saturated heterocycles. The van der Waals surface area contributed by atoms with Gasteiger partial charge in [0.15, 0.2) is 0 Å². The molecule has 0 heterocycles. The molecule has 3 heteroatoms. The number of unbranched alkanes of at least 4 members (excludes halogenated alkanes) is 1. The number of phenolic OH excluding ortho intramolecular Hbond substituents is 1. The molecule has 0 aliphatic rings. The minimum Gasteiger partial charge on any atom is -0.507 e. The molecule has 0 aliphatic heterocycles. The SMILES string of the molecule is CCCC[C@H](C(=O)O)c1cc(C(C)(C)C)c(O)c(C(C)(C)C)c1. The van der Waals surface area contributed by atoms with Crippen LogP contribution in [0.25, 0.3) is 0 Å². The maximum Gasteiger partial charge on any atom is 0.310 e. The van der Waals surface area contributed by atoms with Crippen LogP contribution in [0.5, 0.6) is 5.75 Å². The van der Waals surface area contributed by atoms with Crippen LogP contribution in [-0.4, -0.2) is 16.2 Å². The van der Waals surface area contributed by atoms with E-state index in [4.69, 9.17) is 0 Å². The molecule has 2 N–H and O–H groups in total. The molecule has 0 aromatic heterocycles. The number of hydrogen-bond donors (Lipinski definition) is 2. The van der Waals surface area contributed by atoms with Gasteiger partial charge in [0.05, 0.1) is 5.92 Å². The van der Waals surface area contributed by atoms with Gasteiger partial charge in [-0.15, -0.1) is 0 Å². The van der Waals surface area contributed by atoms with Crippen LogP contribution in [0.15, 0.2) is 12.1 Å². The number of phenols is 1. The lowest BCUT2D eigenvalue weighted by Gasteiger charge is -2.29. The fraction of sp³-hybridized carbons (Fsp3) is 0.650. The smallest absolute Gasteiger partial charge is 0.310 e. The van der Waals surface area contributed by atoms with Crippen molar-refractivity contribution in [1.29, 1.82) is 0 Å². The number of hydrogen-bond acceptors (Lipinski definition) is 2. The van der Waals surface area contributed by atoms with Crippen LogP contribution in [0.3, 0.4) is 0 Å². The second-order valence-electron chi connectivity index (χ2n) is 8.50. The summed E-state index contributed by atoms with van der Waals surface area (Å²) in [6.45, 7) is 14.3. The molecule has 3 nitrogen and oxygen atoms in total. The van der Waals surface area contributed by atoms with Crippen molar-refractivity contribution < 1.29 is 15.0 Å². The van der Waals surface area contributed by atoms with E-state index in [1.807, 2.05) is 53.7 Å². The minimum atomic E-state index is -0.788. The van der Waals surface area contributed by atoms with Crippen molar-refractivity contribution in [2.75, 3.05) is 0 Å². The van der Waals surface area contributed by atoms with Gasteiger partial charge in [0.1, 0.15) is 5.75 Å². The number of carboxylic acid groups (broad SMARTS) is 1. The average Bonchev–Trinajstić information content (AvgIpc) is 2.37. The molecule has 0 bridgehead atoms. The number of carboxylic acids is 1. The van der Waals surface area contributed by atoms with E-state index in [9.17, 15) is 15.0 Å². The van der Waals surface area contributed by atoms with Crippen LogP contribution in [0, 0.1) is 0 Å². The lowest BCUT2D eigenvalue weighted by Crippen LogP contribution is -2.20. The summed E-state index contributed by atoms with van der Waals surface area (Å²) in [5, 5.41) is 20.4. The maximum absolute atomic E-state index is 11.8. The molecular weight excluding hydrogens is 288 g/mol. The fourth-order valence-electron chi connectivity index (χ4n) is 2.84. The highest BCUT2D eigenvalue weighted by Crippen LogP contribution is 2.41. The van der Waals surface area contributed by atoms with Crippen LogP contribution < -0.4 is 0 Å². The molecule has 1 atom stereocenters. The Morgan fingerprint density at radius 3 is 1.78 bits per heavy atom. The van der Waals surface area contributed by atoms with Gasteiger partial charge in [-0.05, 0) is 33.9 Å². The molecule has 130 valence electrons. The summed E-state index contributed by atoms with van der Waals surface area (Å²) in [7, 11) is 0. The van der Waals surface area contributed by atoms with E-state index in [0.29, 0.717) is 12.2 Å². The van der Waals surface area contributed by atoms with Crippen molar-refractivity contribution in [3.63, 3.8) is 0 Å². The number of aliphatic carboxylic acids is 1. The molecule has 0 unspecified atom stereocenters. The third-order valence-electron chi connectivity index (χ3n) is 4.30. The Bertz CT molecular complexity index is 524. The Kier molecular flexibility index (Phi) is 5.89. The summed E-state index contributed by atoms with van der Waals surface area (Å²) in [6.07, 6.45) is 2.48. The zero-order valence-corrected chi connectivity index (χ0v) is 15.7. The molecule has 0 radical (unpaired) electrons. The van der Waals surface area contributed by atoms with E-state index in [0.717, 1.165) is 29.5 Å². The molecule has 0 spiro atoms. The summed E-state index contributed by atoms with van der Waals surface area (Å²) in [5.41, 5.74) is 1.96. The standard InChI is InChI=1S/C20H32O3/c1-8-9-10-14(18(22)23)13-11-15(19(2,3)4)17(21)16(12-13)20(5,6)7/h11-12,14,21H,8-10H2,1-7H3,(H,22,23)/t14-/m0/s1. The van der Waals surface area contributed by atoms with E-state index in [1.165, 1.54) is 0 Å². The first kappa shape index (κ1) is 19.5.